The number of piperidine rings is 1. The largest absolute Gasteiger partial charge is 0.439 e. The summed E-state index contributed by atoms with van der Waals surface area (Å²) in [6.45, 7) is 1.58. The minimum absolute atomic E-state index is 0.000779. The van der Waals surface area contributed by atoms with Gasteiger partial charge in [0.25, 0.3) is 0 Å². The van der Waals surface area contributed by atoms with Crippen LogP contribution in [0.15, 0.2) is 73.1 Å². The van der Waals surface area contributed by atoms with Crippen LogP contribution >= 0.6 is 0 Å². The minimum Gasteiger partial charge on any atom is -0.439 e. The van der Waals surface area contributed by atoms with E-state index >= 15 is 0 Å². The molecule has 6 heteroatoms. The molecule has 1 N–H and O–H groups in total. The molecule has 148 valence electrons. The molecule has 0 radical (unpaired) electrons. The standard InChI is InChI=1S/C23H24N4O2/c28-23(21-11-5-7-15-27(21)17-19-8-4-6-14-24-19)26-18-12-13-22(25-16-18)29-20-9-2-1-3-10-20/h1-4,6,8-10,12-14,16,21H,5,7,11,15,17H2,(H,26,28). The summed E-state index contributed by atoms with van der Waals surface area (Å²) in [5, 5.41) is 3.00. The van der Waals surface area contributed by atoms with Gasteiger partial charge in [0.15, 0.2) is 0 Å². The Morgan fingerprint density at radius 1 is 1.03 bits per heavy atom. The van der Waals surface area contributed by atoms with E-state index < -0.39 is 0 Å². The molecule has 1 fully saturated rings. The minimum atomic E-state index is -0.161. The molecule has 0 saturated carbocycles. The molecule has 3 aromatic rings. The third kappa shape index (κ3) is 5.18. The lowest BCUT2D eigenvalue weighted by molar-refractivity contribution is -0.122. The molecule has 0 spiro atoms. The normalized spacial score (nSPS) is 16.9. The number of anilines is 1. The zero-order valence-electron chi connectivity index (χ0n) is 16.2. The summed E-state index contributed by atoms with van der Waals surface area (Å²) in [4.78, 5) is 23.8. The average molecular weight is 388 g/mol. The van der Waals surface area contributed by atoms with Crippen molar-refractivity contribution in [1.82, 2.24) is 14.9 Å². The smallest absolute Gasteiger partial charge is 0.241 e. The SMILES string of the molecule is O=C(Nc1ccc(Oc2ccccc2)nc1)C1CCCCN1Cc1ccccn1. The van der Waals surface area contributed by atoms with E-state index in [0.717, 1.165) is 37.3 Å². The molecule has 6 nitrogen and oxygen atoms in total. The lowest BCUT2D eigenvalue weighted by Gasteiger charge is -2.34. The van der Waals surface area contributed by atoms with Crippen LogP contribution in [-0.4, -0.2) is 33.4 Å². The molecule has 1 aliphatic heterocycles. The number of carbonyl (C=O) groups excluding carboxylic acids is 1. The molecule has 29 heavy (non-hydrogen) atoms. The number of hydrogen-bond donors (Lipinski definition) is 1. The van der Waals surface area contributed by atoms with Crippen molar-refractivity contribution in [2.75, 3.05) is 11.9 Å². The van der Waals surface area contributed by atoms with Gasteiger partial charge in [0, 0.05) is 18.8 Å². The van der Waals surface area contributed by atoms with Crippen LogP contribution in [0.5, 0.6) is 11.6 Å². The zero-order chi connectivity index (χ0) is 19.9. The summed E-state index contributed by atoms with van der Waals surface area (Å²) in [6.07, 6.45) is 6.42. The van der Waals surface area contributed by atoms with E-state index in [4.69, 9.17) is 4.74 Å². The van der Waals surface area contributed by atoms with Gasteiger partial charge in [-0.1, -0.05) is 30.7 Å². The van der Waals surface area contributed by atoms with Gasteiger partial charge in [0.05, 0.1) is 23.6 Å². The third-order valence-corrected chi connectivity index (χ3v) is 4.98. The van der Waals surface area contributed by atoms with Gasteiger partial charge in [-0.15, -0.1) is 0 Å². The van der Waals surface area contributed by atoms with Crippen LogP contribution in [0.3, 0.4) is 0 Å². The highest BCUT2D eigenvalue weighted by atomic mass is 16.5. The number of amides is 1. The first-order valence-corrected chi connectivity index (χ1v) is 9.92. The molecule has 1 atom stereocenters. The number of nitrogens with one attached hydrogen (secondary N) is 1. The molecule has 0 bridgehead atoms. The first kappa shape index (κ1) is 19.1. The first-order valence-electron chi connectivity index (χ1n) is 9.92. The van der Waals surface area contributed by atoms with Crippen LogP contribution in [0.1, 0.15) is 25.0 Å². The second kappa shape index (κ2) is 9.30. The molecule has 1 saturated heterocycles. The van der Waals surface area contributed by atoms with Crippen LogP contribution in [0.25, 0.3) is 0 Å². The van der Waals surface area contributed by atoms with E-state index in [-0.39, 0.29) is 11.9 Å². The molecule has 0 aliphatic carbocycles. The van der Waals surface area contributed by atoms with Crippen molar-refractivity contribution < 1.29 is 9.53 Å². The fourth-order valence-electron chi connectivity index (χ4n) is 3.53. The fourth-order valence-corrected chi connectivity index (χ4v) is 3.53. The van der Waals surface area contributed by atoms with Crippen LogP contribution in [0, 0.1) is 0 Å². The summed E-state index contributed by atoms with van der Waals surface area (Å²) in [7, 11) is 0. The number of para-hydroxylation sites is 1. The van der Waals surface area contributed by atoms with Crippen LogP contribution in [0.2, 0.25) is 0 Å². The number of hydrogen-bond acceptors (Lipinski definition) is 5. The van der Waals surface area contributed by atoms with Gasteiger partial charge in [-0.05, 0) is 49.7 Å². The molecule has 3 heterocycles. The van der Waals surface area contributed by atoms with Crippen molar-refractivity contribution in [3.63, 3.8) is 0 Å². The quantitative estimate of drug-likeness (QED) is 0.683. The van der Waals surface area contributed by atoms with E-state index in [1.807, 2.05) is 54.6 Å². The lowest BCUT2D eigenvalue weighted by atomic mass is 10.0. The molecule has 2 aromatic heterocycles. The van der Waals surface area contributed by atoms with Gasteiger partial charge in [-0.3, -0.25) is 14.7 Å². The Morgan fingerprint density at radius 2 is 1.90 bits per heavy atom. The fraction of sp³-hybridized carbons (Fsp3) is 0.261. The van der Waals surface area contributed by atoms with Crippen molar-refractivity contribution in [1.29, 1.82) is 0 Å². The summed E-state index contributed by atoms with van der Waals surface area (Å²) in [6, 6.07) is 18.8. The topological polar surface area (TPSA) is 67.3 Å². The van der Waals surface area contributed by atoms with E-state index in [2.05, 4.69) is 20.2 Å². The third-order valence-electron chi connectivity index (χ3n) is 4.98. The Balaban J connectivity index is 1.38. The van der Waals surface area contributed by atoms with Crippen molar-refractivity contribution in [3.05, 3.63) is 78.8 Å². The highest BCUT2D eigenvalue weighted by Gasteiger charge is 2.29. The van der Waals surface area contributed by atoms with Crippen molar-refractivity contribution in [2.45, 2.75) is 31.8 Å². The Labute approximate surface area is 170 Å². The Kier molecular flexibility index (Phi) is 6.12. The number of aromatic nitrogens is 2. The molecular weight excluding hydrogens is 364 g/mol. The second-order valence-corrected chi connectivity index (χ2v) is 7.09. The molecule has 4 rings (SSSR count). The molecule has 1 aromatic carbocycles. The van der Waals surface area contributed by atoms with Gasteiger partial charge in [0.2, 0.25) is 11.8 Å². The van der Waals surface area contributed by atoms with Crippen molar-refractivity contribution in [2.24, 2.45) is 0 Å². The van der Waals surface area contributed by atoms with E-state index in [9.17, 15) is 4.79 Å². The Hall–Kier alpha value is -3.25. The van der Waals surface area contributed by atoms with Crippen LogP contribution < -0.4 is 10.1 Å². The second-order valence-electron chi connectivity index (χ2n) is 7.09. The maximum absolute atomic E-state index is 12.9. The van der Waals surface area contributed by atoms with Gasteiger partial charge in [-0.2, -0.15) is 0 Å². The average Bonchev–Trinajstić information content (AvgIpc) is 2.77. The van der Waals surface area contributed by atoms with E-state index in [0.29, 0.717) is 18.1 Å². The Morgan fingerprint density at radius 3 is 2.66 bits per heavy atom. The zero-order valence-corrected chi connectivity index (χ0v) is 16.2. The van der Waals surface area contributed by atoms with E-state index in [1.165, 1.54) is 0 Å². The van der Waals surface area contributed by atoms with Gasteiger partial charge in [0.1, 0.15) is 5.75 Å². The lowest BCUT2D eigenvalue weighted by Crippen LogP contribution is -2.46. The van der Waals surface area contributed by atoms with Gasteiger partial charge >= 0.3 is 0 Å². The summed E-state index contributed by atoms with van der Waals surface area (Å²) in [5.41, 5.74) is 1.65. The number of benzene rings is 1. The number of pyridine rings is 2. The highest BCUT2D eigenvalue weighted by molar-refractivity contribution is 5.94. The van der Waals surface area contributed by atoms with Crippen molar-refractivity contribution >= 4 is 11.6 Å². The maximum atomic E-state index is 12.9. The summed E-state index contributed by atoms with van der Waals surface area (Å²) >= 11 is 0. The Bertz CT molecular complexity index is 917. The number of carbonyl (C=O) groups is 1. The maximum Gasteiger partial charge on any atom is 0.241 e. The highest BCUT2D eigenvalue weighted by Crippen LogP contribution is 2.22. The predicted octanol–water partition coefficient (Wildman–Crippen LogP) is 4.26. The number of nitrogens with zero attached hydrogens (tertiary/aromatic N) is 3. The molecule has 1 amide bonds. The summed E-state index contributed by atoms with van der Waals surface area (Å²) in [5.74, 6) is 1.21. The molecular formula is C23H24N4O2. The number of likely N-dealkylation sites (tertiary alicyclic amines) is 1. The number of rotatable bonds is 6. The predicted molar refractivity (Wildman–Crippen MR) is 112 cm³/mol. The monoisotopic (exact) mass is 388 g/mol. The molecule has 1 unspecified atom stereocenters. The van der Waals surface area contributed by atoms with Gasteiger partial charge < -0.3 is 10.1 Å². The first-order chi connectivity index (χ1) is 14.3. The van der Waals surface area contributed by atoms with Gasteiger partial charge in [-0.25, -0.2) is 4.98 Å². The van der Waals surface area contributed by atoms with Crippen molar-refractivity contribution in [3.8, 4) is 11.6 Å². The van der Waals surface area contributed by atoms with E-state index in [1.54, 1.807) is 18.5 Å². The molecule has 1 aliphatic rings. The van der Waals surface area contributed by atoms with Crippen LogP contribution in [0.4, 0.5) is 5.69 Å². The summed E-state index contributed by atoms with van der Waals surface area (Å²) < 4.78 is 5.70. The number of ether oxygens (including phenoxy) is 1. The van der Waals surface area contributed by atoms with Crippen LogP contribution in [-0.2, 0) is 11.3 Å².